The number of hydrogen-bond acceptors (Lipinski definition) is 2. The second-order valence-corrected chi connectivity index (χ2v) is 7.23. The first kappa shape index (κ1) is 17.5. The van der Waals surface area contributed by atoms with Crippen LogP contribution in [0.3, 0.4) is 0 Å². The average Bonchev–Trinajstić information content (AvgIpc) is 2.62. The number of carbonyl (C=O) groups excluding carboxylic acids is 1. The lowest BCUT2D eigenvalue weighted by Gasteiger charge is -2.31. The van der Waals surface area contributed by atoms with Crippen molar-refractivity contribution in [3.63, 3.8) is 0 Å². The molecule has 2 aromatic carbocycles. The maximum Gasteiger partial charge on any atom is 0.253 e. The predicted octanol–water partition coefficient (Wildman–Crippen LogP) is 4.75. The van der Waals surface area contributed by atoms with E-state index in [1.165, 1.54) is 17.5 Å². The Labute approximate surface area is 150 Å². The van der Waals surface area contributed by atoms with Gasteiger partial charge in [0.05, 0.1) is 0 Å². The fourth-order valence-corrected chi connectivity index (χ4v) is 3.27. The Kier molecular flexibility index (Phi) is 5.42. The molecule has 0 spiro atoms. The van der Waals surface area contributed by atoms with Crippen molar-refractivity contribution < 1.29 is 9.53 Å². The Morgan fingerprint density at radius 2 is 1.88 bits per heavy atom. The third kappa shape index (κ3) is 4.41. The number of aryl methyl sites for hydroxylation is 2. The molecule has 3 heteroatoms. The Morgan fingerprint density at radius 1 is 1.12 bits per heavy atom. The van der Waals surface area contributed by atoms with Crippen molar-refractivity contribution >= 4 is 5.91 Å². The summed E-state index contributed by atoms with van der Waals surface area (Å²) in [6, 6.07) is 13.9. The molecule has 2 aromatic rings. The van der Waals surface area contributed by atoms with E-state index in [0.717, 1.165) is 36.4 Å². The van der Waals surface area contributed by atoms with Gasteiger partial charge in [0.2, 0.25) is 0 Å². The molecule has 132 valence electrons. The highest BCUT2D eigenvalue weighted by molar-refractivity contribution is 5.94. The minimum atomic E-state index is 0.146. The summed E-state index contributed by atoms with van der Waals surface area (Å²) in [4.78, 5) is 14.6. The maximum absolute atomic E-state index is 12.6. The van der Waals surface area contributed by atoms with Crippen molar-refractivity contribution in [2.45, 2.75) is 40.2 Å². The summed E-state index contributed by atoms with van der Waals surface area (Å²) in [7, 11) is 0. The Morgan fingerprint density at radius 3 is 2.56 bits per heavy atom. The van der Waals surface area contributed by atoms with E-state index in [1.54, 1.807) is 0 Å². The first-order valence-corrected chi connectivity index (χ1v) is 9.11. The minimum Gasteiger partial charge on any atom is -0.489 e. The van der Waals surface area contributed by atoms with Gasteiger partial charge in [0.15, 0.2) is 0 Å². The smallest absolute Gasteiger partial charge is 0.253 e. The topological polar surface area (TPSA) is 29.5 Å². The quantitative estimate of drug-likeness (QED) is 0.805. The van der Waals surface area contributed by atoms with Crippen molar-refractivity contribution in [2.24, 2.45) is 5.92 Å². The Balaban J connectivity index is 1.60. The van der Waals surface area contributed by atoms with Crippen LogP contribution < -0.4 is 4.74 Å². The van der Waals surface area contributed by atoms with Gasteiger partial charge >= 0.3 is 0 Å². The number of amides is 1. The predicted molar refractivity (Wildman–Crippen MR) is 101 cm³/mol. The van der Waals surface area contributed by atoms with Crippen LogP contribution in [0.15, 0.2) is 42.5 Å². The number of carbonyl (C=O) groups is 1. The molecule has 0 aromatic heterocycles. The van der Waals surface area contributed by atoms with E-state index in [-0.39, 0.29) is 5.91 Å². The molecular weight excluding hydrogens is 310 g/mol. The average molecular weight is 337 g/mol. The lowest BCUT2D eigenvalue weighted by atomic mass is 9.99. The molecular formula is C22H27NO2. The van der Waals surface area contributed by atoms with Crippen LogP contribution in [0.1, 0.15) is 46.8 Å². The molecule has 0 unspecified atom stereocenters. The van der Waals surface area contributed by atoms with Crippen molar-refractivity contribution in [2.75, 3.05) is 13.1 Å². The molecule has 0 radical (unpaired) electrons. The largest absolute Gasteiger partial charge is 0.489 e. The van der Waals surface area contributed by atoms with Crippen molar-refractivity contribution in [3.8, 4) is 5.75 Å². The molecule has 0 aliphatic carbocycles. The van der Waals surface area contributed by atoms with Gasteiger partial charge in [-0.2, -0.15) is 0 Å². The summed E-state index contributed by atoms with van der Waals surface area (Å²) in [5.74, 6) is 1.63. The molecule has 1 saturated heterocycles. The Bertz CT molecular complexity index is 736. The first-order valence-electron chi connectivity index (χ1n) is 9.11. The van der Waals surface area contributed by atoms with Crippen LogP contribution in [0.25, 0.3) is 0 Å². The van der Waals surface area contributed by atoms with E-state index in [0.29, 0.717) is 12.5 Å². The number of ether oxygens (including phenoxy) is 1. The Hall–Kier alpha value is -2.29. The highest BCUT2D eigenvalue weighted by atomic mass is 16.5. The summed E-state index contributed by atoms with van der Waals surface area (Å²) in [6.45, 7) is 8.66. The van der Waals surface area contributed by atoms with E-state index in [4.69, 9.17) is 4.74 Å². The minimum absolute atomic E-state index is 0.146. The monoisotopic (exact) mass is 337 g/mol. The molecule has 3 nitrogen and oxygen atoms in total. The molecule has 1 amide bonds. The van der Waals surface area contributed by atoms with Gasteiger partial charge in [0.25, 0.3) is 5.91 Å². The molecule has 0 saturated carbocycles. The number of piperidine rings is 1. The second kappa shape index (κ2) is 7.73. The van der Waals surface area contributed by atoms with Crippen LogP contribution in [-0.2, 0) is 6.61 Å². The summed E-state index contributed by atoms with van der Waals surface area (Å²) < 4.78 is 5.86. The molecule has 1 heterocycles. The summed E-state index contributed by atoms with van der Waals surface area (Å²) >= 11 is 0. The summed E-state index contributed by atoms with van der Waals surface area (Å²) in [5.41, 5.74) is 4.34. The number of benzene rings is 2. The number of rotatable bonds is 4. The fourth-order valence-electron chi connectivity index (χ4n) is 3.27. The van der Waals surface area contributed by atoms with E-state index in [2.05, 4.69) is 32.9 Å². The maximum atomic E-state index is 12.6. The molecule has 3 rings (SSSR count). The van der Waals surface area contributed by atoms with Crippen molar-refractivity contribution in [3.05, 3.63) is 64.7 Å². The standard InChI is InChI=1S/C22H27NO2/c1-16-5-4-12-23(14-16)22(24)20-9-7-19(8-10-20)15-25-21-11-6-17(2)18(3)13-21/h6-11,13,16H,4-5,12,14-15H2,1-3H3/t16-/m0/s1. The third-order valence-corrected chi connectivity index (χ3v) is 5.03. The lowest BCUT2D eigenvalue weighted by molar-refractivity contribution is 0.0683. The van der Waals surface area contributed by atoms with Crippen LogP contribution in [-0.4, -0.2) is 23.9 Å². The van der Waals surface area contributed by atoms with Gasteiger partial charge in [-0.05, 0) is 73.6 Å². The molecule has 25 heavy (non-hydrogen) atoms. The van der Waals surface area contributed by atoms with E-state index in [1.807, 2.05) is 35.2 Å². The van der Waals surface area contributed by atoms with Crippen LogP contribution in [0.5, 0.6) is 5.75 Å². The second-order valence-electron chi connectivity index (χ2n) is 7.23. The normalized spacial score (nSPS) is 17.4. The number of nitrogens with zero attached hydrogens (tertiary/aromatic N) is 1. The van der Waals surface area contributed by atoms with Crippen LogP contribution in [0, 0.1) is 19.8 Å². The lowest BCUT2D eigenvalue weighted by Crippen LogP contribution is -2.39. The van der Waals surface area contributed by atoms with Gasteiger partial charge in [0.1, 0.15) is 12.4 Å². The van der Waals surface area contributed by atoms with Crippen LogP contribution >= 0.6 is 0 Å². The van der Waals surface area contributed by atoms with Crippen LogP contribution in [0.4, 0.5) is 0 Å². The first-order chi connectivity index (χ1) is 12.0. The zero-order valence-electron chi connectivity index (χ0n) is 15.4. The van der Waals surface area contributed by atoms with Gasteiger partial charge in [0, 0.05) is 18.7 Å². The molecule has 1 aliphatic heterocycles. The number of hydrogen-bond donors (Lipinski definition) is 0. The van der Waals surface area contributed by atoms with Crippen LogP contribution in [0.2, 0.25) is 0 Å². The molecule has 0 bridgehead atoms. The fraction of sp³-hybridized carbons (Fsp3) is 0.409. The van der Waals surface area contributed by atoms with E-state index in [9.17, 15) is 4.79 Å². The molecule has 0 N–H and O–H groups in total. The highest BCUT2D eigenvalue weighted by Gasteiger charge is 2.21. The van der Waals surface area contributed by atoms with Gasteiger partial charge in [-0.25, -0.2) is 0 Å². The van der Waals surface area contributed by atoms with Crippen molar-refractivity contribution in [1.29, 1.82) is 0 Å². The summed E-state index contributed by atoms with van der Waals surface area (Å²) in [6.07, 6.45) is 2.33. The summed E-state index contributed by atoms with van der Waals surface area (Å²) in [5, 5.41) is 0. The highest BCUT2D eigenvalue weighted by Crippen LogP contribution is 2.20. The molecule has 1 atom stereocenters. The van der Waals surface area contributed by atoms with E-state index < -0.39 is 0 Å². The van der Waals surface area contributed by atoms with Gasteiger partial charge in [-0.15, -0.1) is 0 Å². The number of likely N-dealkylation sites (tertiary alicyclic amines) is 1. The van der Waals surface area contributed by atoms with Gasteiger partial charge < -0.3 is 9.64 Å². The van der Waals surface area contributed by atoms with Gasteiger partial charge in [-0.1, -0.05) is 25.1 Å². The van der Waals surface area contributed by atoms with Crippen molar-refractivity contribution in [1.82, 2.24) is 4.90 Å². The zero-order chi connectivity index (χ0) is 17.8. The third-order valence-electron chi connectivity index (χ3n) is 5.03. The molecule has 1 aliphatic rings. The van der Waals surface area contributed by atoms with E-state index >= 15 is 0 Å². The molecule has 1 fully saturated rings. The van der Waals surface area contributed by atoms with Gasteiger partial charge in [-0.3, -0.25) is 4.79 Å². The SMILES string of the molecule is Cc1ccc(OCc2ccc(C(=O)N3CCC[C@H](C)C3)cc2)cc1C. The zero-order valence-corrected chi connectivity index (χ0v) is 15.4.